The molecule has 1 aromatic rings. The van der Waals surface area contributed by atoms with Crippen LogP contribution in [0.1, 0.15) is 39.0 Å². The molecule has 5 heteroatoms. The van der Waals surface area contributed by atoms with Gasteiger partial charge >= 0.3 is 0 Å². The Bertz CT molecular complexity index is 498. The van der Waals surface area contributed by atoms with Gasteiger partial charge in [0.1, 0.15) is 11.8 Å². The molecule has 0 saturated heterocycles. The van der Waals surface area contributed by atoms with Crippen molar-refractivity contribution in [3.05, 3.63) is 24.3 Å². The van der Waals surface area contributed by atoms with Crippen molar-refractivity contribution in [1.82, 2.24) is 5.32 Å². The molecule has 5 nitrogen and oxygen atoms in total. The maximum atomic E-state index is 12.5. The molecule has 2 rings (SSSR count). The molecule has 1 aliphatic rings. The Morgan fingerprint density at radius 3 is 2.73 bits per heavy atom. The molecule has 1 aromatic carbocycles. The van der Waals surface area contributed by atoms with E-state index >= 15 is 0 Å². The van der Waals surface area contributed by atoms with Gasteiger partial charge in [-0.1, -0.05) is 25.8 Å². The molecule has 1 amide bonds. The fraction of sp³-hybridized carbons (Fsp3) is 0.588. The lowest BCUT2D eigenvalue weighted by molar-refractivity contribution is -0.124. The molecular weight excluding hydrogens is 280 g/mol. The molecule has 0 aliphatic heterocycles. The number of benzene rings is 1. The second-order valence-corrected chi connectivity index (χ2v) is 5.97. The molecule has 1 aliphatic carbocycles. The molecule has 0 spiro atoms. The summed E-state index contributed by atoms with van der Waals surface area (Å²) >= 11 is 0. The van der Waals surface area contributed by atoms with Gasteiger partial charge < -0.3 is 20.5 Å². The number of ether oxygens (including phenoxy) is 1. The van der Waals surface area contributed by atoms with E-state index in [0.29, 0.717) is 6.42 Å². The standard InChI is InChI=1S/C17H26N2O3/c1-3-15(18-13-7-6-8-14(11-13)22-2)16(21)19-17(12-20)9-4-5-10-17/h6-8,11,15,18,20H,3-5,9-10,12H2,1-2H3,(H,19,21). The fourth-order valence-corrected chi connectivity index (χ4v) is 2.99. The van der Waals surface area contributed by atoms with E-state index in [9.17, 15) is 9.90 Å². The van der Waals surface area contributed by atoms with E-state index in [-0.39, 0.29) is 18.6 Å². The third kappa shape index (κ3) is 3.91. The van der Waals surface area contributed by atoms with E-state index in [4.69, 9.17) is 4.74 Å². The van der Waals surface area contributed by atoms with Gasteiger partial charge in [0.25, 0.3) is 0 Å². The zero-order valence-electron chi connectivity index (χ0n) is 13.4. The Balaban J connectivity index is 2.02. The molecule has 0 bridgehead atoms. The lowest BCUT2D eigenvalue weighted by atomic mass is 9.98. The summed E-state index contributed by atoms with van der Waals surface area (Å²) in [5, 5.41) is 15.9. The van der Waals surface area contributed by atoms with E-state index in [1.54, 1.807) is 7.11 Å². The normalized spacial score (nSPS) is 17.8. The first kappa shape index (κ1) is 16.6. The smallest absolute Gasteiger partial charge is 0.242 e. The predicted molar refractivity (Wildman–Crippen MR) is 87.1 cm³/mol. The van der Waals surface area contributed by atoms with Crippen LogP contribution in [-0.4, -0.2) is 36.3 Å². The van der Waals surface area contributed by atoms with Crippen molar-refractivity contribution in [1.29, 1.82) is 0 Å². The van der Waals surface area contributed by atoms with Crippen LogP contribution < -0.4 is 15.4 Å². The summed E-state index contributed by atoms with van der Waals surface area (Å²) in [6.07, 6.45) is 4.49. The zero-order valence-corrected chi connectivity index (χ0v) is 13.4. The van der Waals surface area contributed by atoms with Gasteiger partial charge in [-0.05, 0) is 31.4 Å². The molecule has 0 radical (unpaired) electrons. The van der Waals surface area contributed by atoms with Crippen LogP contribution >= 0.6 is 0 Å². The van der Waals surface area contributed by atoms with Crippen LogP contribution in [0, 0.1) is 0 Å². The number of hydrogen-bond donors (Lipinski definition) is 3. The lowest BCUT2D eigenvalue weighted by Crippen LogP contribution is -2.53. The monoisotopic (exact) mass is 306 g/mol. The Hall–Kier alpha value is -1.75. The molecule has 122 valence electrons. The highest BCUT2D eigenvalue weighted by atomic mass is 16.5. The van der Waals surface area contributed by atoms with Gasteiger partial charge in [-0.15, -0.1) is 0 Å². The summed E-state index contributed by atoms with van der Waals surface area (Å²) in [6, 6.07) is 7.21. The van der Waals surface area contributed by atoms with Crippen molar-refractivity contribution in [3.8, 4) is 5.75 Å². The molecule has 3 N–H and O–H groups in total. The third-order valence-corrected chi connectivity index (χ3v) is 4.39. The Morgan fingerprint density at radius 2 is 2.14 bits per heavy atom. The Labute approximate surface area is 132 Å². The van der Waals surface area contributed by atoms with E-state index in [2.05, 4.69) is 10.6 Å². The van der Waals surface area contributed by atoms with Crippen molar-refractivity contribution in [3.63, 3.8) is 0 Å². The van der Waals surface area contributed by atoms with Crippen molar-refractivity contribution in [2.75, 3.05) is 19.0 Å². The van der Waals surface area contributed by atoms with Gasteiger partial charge in [0.2, 0.25) is 5.91 Å². The third-order valence-electron chi connectivity index (χ3n) is 4.39. The number of nitrogens with one attached hydrogen (secondary N) is 2. The van der Waals surface area contributed by atoms with Crippen LogP contribution in [0.5, 0.6) is 5.75 Å². The minimum Gasteiger partial charge on any atom is -0.497 e. The predicted octanol–water partition coefficient (Wildman–Crippen LogP) is 2.31. The second-order valence-electron chi connectivity index (χ2n) is 5.97. The number of carbonyl (C=O) groups excluding carboxylic acids is 1. The molecule has 1 fully saturated rings. The van der Waals surface area contributed by atoms with E-state index in [1.165, 1.54) is 0 Å². The first-order valence-electron chi connectivity index (χ1n) is 7.96. The van der Waals surface area contributed by atoms with E-state index in [0.717, 1.165) is 37.1 Å². The van der Waals surface area contributed by atoms with Crippen molar-refractivity contribution < 1.29 is 14.6 Å². The average Bonchev–Trinajstić information content (AvgIpc) is 3.01. The minimum atomic E-state index is -0.430. The number of aliphatic hydroxyl groups is 1. The Morgan fingerprint density at radius 1 is 1.41 bits per heavy atom. The molecule has 0 heterocycles. The van der Waals surface area contributed by atoms with Gasteiger partial charge in [-0.2, -0.15) is 0 Å². The van der Waals surface area contributed by atoms with E-state index in [1.807, 2.05) is 31.2 Å². The first-order valence-corrected chi connectivity index (χ1v) is 7.96. The number of aliphatic hydroxyl groups excluding tert-OH is 1. The van der Waals surface area contributed by atoms with Gasteiger partial charge in [-0.25, -0.2) is 0 Å². The fourth-order valence-electron chi connectivity index (χ4n) is 2.99. The van der Waals surface area contributed by atoms with E-state index < -0.39 is 5.54 Å². The van der Waals surface area contributed by atoms with Crippen LogP contribution in [0.25, 0.3) is 0 Å². The molecule has 1 saturated carbocycles. The highest BCUT2D eigenvalue weighted by Gasteiger charge is 2.36. The SMILES string of the molecule is CCC(Nc1cccc(OC)c1)C(=O)NC1(CO)CCCC1. The summed E-state index contributed by atoms with van der Waals surface area (Å²) < 4.78 is 5.20. The second kappa shape index (κ2) is 7.49. The summed E-state index contributed by atoms with van der Waals surface area (Å²) in [5.74, 6) is 0.698. The summed E-state index contributed by atoms with van der Waals surface area (Å²) in [4.78, 5) is 12.5. The molecule has 1 atom stereocenters. The van der Waals surface area contributed by atoms with Crippen LogP contribution in [-0.2, 0) is 4.79 Å². The number of anilines is 1. The van der Waals surface area contributed by atoms with Crippen LogP contribution in [0.4, 0.5) is 5.69 Å². The molecule has 0 aromatic heterocycles. The zero-order chi connectivity index (χ0) is 16.0. The quantitative estimate of drug-likeness (QED) is 0.723. The summed E-state index contributed by atoms with van der Waals surface area (Å²) in [5.41, 5.74) is 0.423. The topological polar surface area (TPSA) is 70.6 Å². The average molecular weight is 306 g/mol. The van der Waals surface area contributed by atoms with Gasteiger partial charge in [0.15, 0.2) is 0 Å². The van der Waals surface area contributed by atoms with Crippen molar-refractivity contribution in [2.24, 2.45) is 0 Å². The summed E-state index contributed by atoms with van der Waals surface area (Å²) in [7, 11) is 1.62. The van der Waals surface area contributed by atoms with Crippen LogP contribution in [0.3, 0.4) is 0 Å². The first-order chi connectivity index (χ1) is 10.6. The number of carbonyl (C=O) groups is 1. The highest BCUT2D eigenvalue weighted by molar-refractivity contribution is 5.85. The van der Waals surface area contributed by atoms with Gasteiger partial charge in [0, 0.05) is 11.8 Å². The summed E-state index contributed by atoms with van der Waals surface area (Å²) in [6.45, 7) is 1.98. The highest BCUT2D eigenvalue weighted by Crippen LogP contribution is 2.29. The Kier molecular flexibility index (Phi) is 5.66. The molecule has 22 heavy (non-hydrogen) atoms. The van der Waals surface area contributed by atoms with Crippen molar-refractivity contribution >= 4 is 11.6 Å². The maximum Gasteiger partial charge on any atom is 0.242 e. The number of methoxy groups -OCH3 is 1. The number of hydrogen-bond acceptors (Lipinski definition) is 4. The van der Waals surface area contributed by atoms with Crippen LogP contribution in [0.2, 0.25) is 0 Å². The van der Waals surface area contributed by atoms with Gasteiger partial charge in [0.05, 0.1) is 19.3 Å². The van der Waals surface area contributed by atoms with Crippen molar-refractivity contribution in [2.45, 2.75) is 50.6 Å². The van der Waals surface area contributed by atoms with Gasteiger partial charge in [-0.3, -0.25) is 4.79 Å². The largest absolute Gasteiger partial charge is 0.497 e. The van der Waals surface area contributed by atoms with Crippen LogP contribution in [0.15, 0.2) is 24.3 Å². The molecule has 1 unspecified atom stereocenters. The minimum absolute atomic E-state index is 0.00827. The number of amides is 1. The number of rotatable bonds is 7. The maximum absolute atomic E-state index is 12.5. The lowest BCUT2D eigenvalue weighted by Gasteiger charge is -2.30. The molecular formula is C17H26N2O3.